The number of carbonyl (C=O) groups excluding carboxylic acids is 1. The molecule has 2 heterocycles. The third kappa shape index (κ3) is 3.16. The monoisotopic (exact) mass is 279 g/mol. The maximum absolute atomic E-state index is 11.7. The minimum atomic E-state index is -0.679. The second-order valence-corrected chi connectivity index (χ2v) is 4.35. The molecule has 106 valence electrons. The summed E-state index contributed by atoms with van der Waals surface area (Å²) < 4.78 is 2.70. The Bertz CT molecular complexity index is 630. The Balaban J connectivity index is 2.05. The van der Waals surface area contributed by atoms with E-state index in [9.17, 15) is 14.9 Å². The molecule has 20 heavy (non-hydrogen) atoms. The Morgan fingerprint density at radius 2 is 2.20 bits per heavy atom. The maximum Gasteiger partial charge on any atom is 0.491 e. The van der Waals surface area contributed by atoms with Gasteiger partial charge >= 0.3 is 5.95 Å². The van der Waals surface area contributed by atoms with Crippen LogP contribution in [0.3, 0.4) is 0 Å². The first-order valence-corrected chi connectivity index (χ1v) is 5.84. The van der Waals surface area contributed by atoms with Crippen molar-refractivity contribution in [3.63, 3.8) is 0 Å². The van der Waals surface area contributed by atoms with Gasteiger partial charge in [-0.05, 0) is 24.8 Å². The van der Waals surface area contributed by atoms with Gasteiger partial charge in [0.1, 0.15) is 5.69 Å². The lowest BCUT2D eigenvalue weighted by atomic mass is 10.3. The smallest absolute Gasteiger partial charge is 0.390 e. The van der Waals surface area contributed by atoms with E-state index in [0.717, 1.165) is 0 Å². The molecule has 2 aromatic rings. The van der Waals surface area contributed by atoms with Crippen molar-refractivity contribution < 1.29 is 9.72 Å². The number of nitro groups is 1. The van der Waals surface area contributed by atoms with Crippen LogP contribution in [0.15, 0.2) is 18.6 Å². The van der Waals surface area contributed by atoms with Crippen molar-refractivity contribution in [3.8, 4) is 0 Å². The molecule has 0 saturated heterocycles. The Hall–Kier alpha value is -2.78. The summed E-state index contributed by atoms with van der Waals surface area (Å²) in [7, 11) is 0. The van der Waals surface area contributed by atoms with Crippen LogP contribution in [0.1, 0.15) is 24.3 Å². The summed E-state index contributed by atoms with van der Waals surface area (Å²) in [4.78, 5) is 25.0. The summed E-state index contributed by atoms with van der Waals surface area (Å²) in [6.45, 7) is 3.84. The molecule has 0 radical (unpaired) electrons. The van der Waals surface area contributed by atoms with Gasteiger partial charge in [0, 0.05) is 17.3 Å². The second-order valence-electron chi connectivity index (χ2n) is 4.35. The van der Waals surface area contributed by atoms with Crippen molar-refractivity contribution in [1.29, 1.82) is 0 Å². The summed E-state index contributed by atoms with van der Waals surface area (Å²) in [5, 5.41) is 20.9. The SMILES string of the molecule is CC(C)NC(=O)c1ccn(Cn2cnc([N+](=O)[O-])n2)n1. The van der Waals surface area contributed by atoms with Crippen LogP contribution < -0.4 is 5.32 Å². The van der Waals surface area contributed by atoms with Gasteiger partial charge in [-0.3, -0.25) is 4.79 Å². The van der Waals surface area contributed by atoms with E-state index in [1.54, 1.807) is 12.3 Å². The minimum Gasteiger partial charge on any atom is -0.390 e. The zero-order valence-electron chi connectivity index (χ0n) is 10.9. The Morgan fingerprint density at radius 3 is 2.80 bits per heavy atom. The van der Waals surface area contributed by atoms with Crippen molar-refractivity contribution in [2.45, 2.75) is 26.6 Å². The number of nitrogens with one attached hydrogen (secondary N) is 1. The van der Waals surface area contributed by atoms with Crippen molar-refractivity contribution in [2.24, 2.45) is 0 Å². The number of amides is 1. The summed E-state index contributed by atoms with van der Waals surface area (Å²) in [5.41, 5.74) is 0.272. The first-order valence-electron chi connectivity index (χ1n) is 5.84. The van der Waals surface area contributed by atoms with Crippen molar-refractivity contribution >= 4 is 11.9 Å². The molecule has 1 amide bonds. The highest BCUT2D eigenvalue weighted by atomic mass is 16.6. The van der Waals surface area contributed by atoms with Crippen LogP contribution in [-0.4, -0.2) is 41.4 Å². The molecule has 10 nitrogen and oxygen atoms in total. The topological polar surface area (TPSA) is 121 Å². The highest BCUT2D eigenvalue weighted by molar-refractivity contribution is 5.92. The van der Waals surface area contributed by atoms with E-state index in [0.29, 0.717) is 0 Å². The van der Waals surface area contributed by atoms with Gasteiger partial charge in [0.2, 0.25) is 6.33 Å². The molecule has 10 heteroatoms. The van der Waals surface area contributed by atoms with Gasteiger partial charge in [0.05, 0.1) is 0 Å². The molecule has 0 aliphatic rings. The lowest BCUT2D eigenvalue weighted by Gasteiger charge is -2.05. The second kappa shape index (κ2) is 5.47. The van der Waals surface area contributed by atoms with E-state index in [1.807, 2.05) is 13.8 Å². The predicted molar refractivity (Wildman–Crippen MR) is 66.9 cm³/mol. The molecule has 0 bridgehead atoms. The van der Waals surface area contributed by atoms with E-state index in [2.05, 4.69) is 20.5 Å². The van der Waals surface area contributed by atoms with Gasteiger partial charge in [-0.1, -0.05) is 4.98 Å². The highest BCUT2D eigenvalue weighted by Gasteiger charge is 2.14. The van der Waals surface area contributed by atoms with Crippen LogP contribution in [0, 0.1) is 10.1 Å². The van der Waals surface area contributed by atoms with Crippen molar-refractivity contribution in [2.75, 3.05) is 0 Å². The summed E-state index contributed by atoms with van der Waals surface area (Å²) in [6.07, 6.45) is 2.82. The van der Waals surface area contributed by atoms with E-state index >= 15 is 0 Å². The molecule has 0 unspecified atom stereocenters. The molecule has 0 spiro atoms. The summed E-state index contributed by atoms with van der Waals surface area (Å²) in [5.74, 6) is -0.752. The Morgan fingerprint density at radius 1 is 1.45 bits per heavy atom. The molecular weight excluding hydrogens is 266 g/mol. The van der Waals surface area contributed by atoms with Gasteiger partial charge in [0.15, 0.2) is 6.67 Å². The van der Waals surface area contributed by atoms with Crippen LogP contribution in [0.5, 0.6) is 0 Å². The largest absolute Gasteiger partial charge is 0.491 e. The average Bonchev–Trinajstić information content (AvgIpc) is 2.97. The minimum absolute atomic E-state index is 0.0191. The standard InChI is InChI=1S/C10H13N7O3/c1-7(2)12-9(18)8-3-4-15(13-8)6-16-5-11-10(14-16)17(19)20/h3-5,7H,6H2,1-2H3,(H,12,18). The third-order valence-electron chi connectivity index (χ3n) is 2.27. The molecule has 0 aromatic carbocycles. The number of hydrogen-bond donors (Lipinski definition) is 1. The van der Waals surface area contributed by atoms with Gasteiger partial charge in [-0.25, -0.2) is 4.68 Å². The van der Waals surface area contributed by atoms with Crippen molar-refractivity contribution in [3.05, 3.63) is 34.4 Å². The van der Waals surface area contributed by atoms with E-state index in [4.69, 9.17) is 0 Å². The lowest BCUT2D eigenvalue weighted by Crippen LogP contribution is -2.30. The zero-order valence-corrected chi connectivity index (χ0v) is 10.9. The van der Waals surface area contributed by atoms with Gasteiger partial charge in [-0.15, -0.1) is 0 Å². The van der Waals surface area contributed by atoms with E-state index < -0.39 is 10.9 Å². The zero-order chi connectivity index (χ0) is 14.7. The first-order chi connectivity index (χ1) is 9.45. The number of hydrogen-bond acceptors (Lipinski definition) is 6. The predicted octanol–water partition coefficient (Wildman–Crippen LogP) is 0.0268. The Kier molecular flexibility index (Phi) is 3.73. The molecule has 1 N–H and O–H groups in total. The number of nitrogens with zero attached hydrogens (tertiary/aromatic N) is 6. The normalized spacial score (nSPS) is 10.8. The lowest BCUT2D eigenvalue weighted by molar-refractivity contribution is -0.394. The molecule has 0 aliphatic carbocycles. The highest BCUT2D eigenvalue weighted by Crippen LogP contribution is 2.01. The fourth-order valence-corrected chi connectivity index (χ4v) is 1.48. The molecule has 0 saturated carbocycles. The van der Waals surface area contributed by atoms with Crippen molar-refractivity contribution in [1.82, 2.24) is 29.9 Å². The number of aromatic nitrogens is 5. The summed E-state index contributed by atoms with van der Waals surface area (Å²) in [6, 6.07) is 1.58. The molecule has 2 aromatic heterocycles. The fraction of sp³-hybridized carbons (Fsp3) is 0.400. The van der Waals surface area contributed by atoms with Crippen LogP contribution in [-0.2, 0) is 6.67 Å². The summed E-state index contributed by atoms with van der Waals surface area (Å²) >= 11 is 0. The molecule has 0 fully saturated rings. The molecular formula is C10H13N7O3. The van der Waals surface area contributed by atoms with Crippen LogP contribution >= 0.6 is 0 Å². The number of carbonyl (C=O) groups is 1. The van der Waals surface area contributed by atoms with Gasteiger partial charge < -0.3 is 15.4 Å². The Labute approximate surface area is 113 Å². The molecule has 2 rings (SSSR count). The van der Waals surface area contributed by atoms with Crippen LogP contribution in [0.2, 0.25) is 0 Å². The van der Waals surface area contributed by atoms with Gasteiger partial charge in [0.25, 0.3) is 5.91 Å². The van der Waals surface area contributed by atoms with Gasteiger partial charge in [-0.2, -0.15) is 9.78 Å². The number of rotatable bonds is 5. The van der Waals surface area contributed by atoms with Crippen LogP contribution in [0.25, 0.3) is 0 Å². The maximum atomic E-state index is 11.7. The molecule has 0 atom stereocenters. The first kappa shape index (κ1) is 13.6. The van der Waals surface area contributed by atoms with Crippen LogP contribution in [0.4, 0.5) is 5.95 Å². The average molecular weight is 279 g/mol. The fourth-order valence-electron chi connectivity index (χ4n) is 1.48. The quantitative estimate of drug-likeness (QED) is 0.608. The molecule has 0 aliphatic heterocycles. The third-order valence-corrected chi connectivity index (χ3v) is 2.27. The van der Waals surface area contributed by atoms with E-state index in [-0.39, 0.29) is 24.3 Å². The van der Waals surface area contributed by atoms with E-state index in [1.165, 1.54) is 15.7 Å².